The summed E-state index contributed by atoms with van der Waals surface area (Å²) in [7, 11) is -3.87. The van der Waals surface area contributed by atoms with Crippen LogP contribution in [0.2, 0.25) is 0 Å². The fraction of sp³-hybridized carbons (Fsp3) is 0.0556. The molecule has 8 nitrogen and oxygen atoms in total. The molecular weight excluding hydrogens is 387 g/mol. The zero-order valence-corrected chi connectivity index (χ0v) is 15.1. The van der Waals surface area contributed by atoms with E-state index in [4.69, 9.17) is 5.14 Å². The van der Waals surface area contributed by atoms with Crippen molar-refractivity contribution in [2.45, 2.75) is 6.54 Å². The van der Waals surface area contributed by atoms with Gasteiger partial charge in [0.15, 0.2) is 5.82 Å². The molecule has 0 aliphatic carbocycles. The molecule has 0 saturated carbocycles. The van der Waals surface area contributed by atoms with Crippen molar-refractivity contribution < 1.29 is 22.7 Å². The molecule has 2 aromatic carbocycles. The fourth-order valence-electron chi connectivity index (χ4n) is 2.54. The molecule has 4 N–H and O–H groups in total. The van der Waals surface area contributed by atoms with Crippen LogP contribution in [-0.4, -0.2) is 29.5 Å². The monoisotopic (exact) mass is 402 g/mol. The van der Waals surface area contributed by atoms with Gasteiger partial charge in [-0.05, 0) is 23.8 Å². The van der Waals surface area contributed by atoms with E-state index in [1.807, 2.05) is 0 Å². The van der Waals surface area contributed by atoms with Crippen LogP contribution in [-0.2, 0) is 16.8 Å². The number of carboxylic acids is 1. The molecule has 3 aromatic rings. The van der Waals surface area contributed by atoms with Gasteiger partial charge < -0.3 is 5.11 Å². The van der Waals surface area contributed by atoms with E-state index < -0.39 is 22.0 Å². The normalized spacial score (nSPS) is 11.4. The number of aromatic nitrogens is 2. The van der Waals surface area contributed by atoms with Crippen LogP contribution in [0.15, 0.2) is 54.7 Å². The molecule has 10 heteroatoms. The molecule has 0 amide bonds. The summed E-state index contributed by atoms with van der Waals surface area (Å²) in [6, 6.07) is 12.1. The highest BCUT2D eigenvalue weighted by atomic mass is 32.2. The minimum atomic E-state index is -3.87. The van der Waals surface area contributed by atoms with Crippen LogP contribution in [0.5, 0.6) is 0 Å². The van der Waals surface area contributed by atoms with E-state index in [-0.39, 0.29) is 23.6 Å². The lowest BCUT2D eigenvalue weighted by molar-refractivity contribution is 0.0697. The lowest BCUT2D eigenvalue weighted by Crippen LogP contribution is -2.30. The van der Waals surface area contributed by atoms with Gasteiger partial charge in [-0.25, -0.2) is 24.3 Å². The average Bonchev–Trinajstić information content (AvgIpc) is 2.65. The Labute approximate surface area is 160 Å². The van der Waals surface area contributed by atoms with E-state index in [0.29, 0.717) is 16.7 Å². The molecule has 0 bridgehead atoms. The summed E-state index contributed by atoms with van der Waals surface area (Å²) in [6.07, 6.45) is 1.15. The molecule has 28 heavy (non-hydrogen) atoms. The molecule has 144 valence electrons. The maximum atomic E-state index is 13.5. The van der Waals surface area contributed by atoms with Gasteiger partial charge >= 0.3 is 5.97 Å². The number of nitrogens with zero attached hydrogens (tertiary/aromatic N) is 2. The number of carbonyl (C=O) groups is 1. The Bertz CT molecular complexity index is 1150. The number of benzene rings is 2. The van der Waals surface area contributed by atoms with Crippen molar-refractivity contribution in [3.8, 4) is 22.6 Å². The molecule has 0 atom stereocenters. The quantitative estimate of drug-likeness (QED) is 0.577. The standard InChI is InChI=1S/C18H15FN4O4S/c19-14-6-2-5-13(8-14)17-21-10-15(18(24)25)16(23-17)12-4-1-3-11(7-12)9-22-28(20,26)27/h1-8,10,22H,9H2,(H,24,25)(H2,20,26,27). The van der Waals surface area contributed by atoms with Crippen molar-refractivity contribution in [2.24, 2.45) is 5.14 Å². The number of hydrogen-bond acceptors (Lipinski definition) is 5. The van der Waals surface area contributed by atoms with E-state index >= 15 is 0 Å². The second-order valence-corrected chi connectivity index (χ2v) is 7.22. The van der Waals surface area contributed by atoms with E-state index in [2.05, 4.69) is 14.7 Å². The molecule has 0 radical (unpaired) electrons. The Morgan fingerprint density at radius 1 is 1.14 bits per heavy atom. The third-order valence-corrected chi connectivity index (χ3v) is 4.33. The predicted octanol–water partition coefficient (Wildman–Crippen LogP) is 1.94. The van der Waals surface area contributed by atoms with E-state index in [1.54, 1.807) is 30.3 Å². The highest BCUT2D eigenvalue weighted by Crippen LogP contribution is 2.26. The Morgan fingerprint density at radius 2 is 1.86 bits per heavy atom. The lowest BCUT2D eigenvalue weighted by Gasteiger charge is -2.10. The number of nitrogens with two attached hydrogens (primary N) is 1. The second-order valence-electron chi connectivity index (χ2n) is 5.84. The summed E-state index contributed by atoms with van der Waals surface area (Å²) in [4.78, 5) is 19.9. The Morgan fingerprint density at radius 3 is 2.54 bits per heavy atom. The van der Waals surface area contributed by atoms with Gasteiger partial charge in [-0.15, -0.1) is 0 Å². The highest BCUT2D eigenvalue weighted by Gasteiger charge is 2.17. The van der Waals surface area contributed by atoms with Crippen molar-refractivity contribution >= 4 is 16.2 Å². The molecule has 0 unspecified atom stereocenters. The van der Waals surface area contributed by atoms with Gasteiger partial charge in [0, 0.05) is 23.9 Å². The van der Waals surface area contributed by atoms with E-state index in [0.717, 1.165) is 6.20 Å². The smallest absolute Gasteiger partial charge is 0.339 e. The van der Waals surface area contributed by atoms with E-state index in [9.17, 15) is 22.7 Å². The minimum Gasteiger partial charge on any atom is -0.478 e. The first kappa shape index (κ1) is 19.5. The Hall–Kier alpha value is -3.21. The van der Waals surface area contributed by atoms with Crippen molar-refractivity contribution in [2.75, 3.05) is 0 Å². The first-order chi connectivity index (χ1) is 13.2. The number of hydrogen-bond donors (Lipinski definition) is 3. The van der Waals surface area contributed by atoms with Gasteiger partial charge in [0.2, 0.25) is 0 Å². The van der Waals surface area contributed by atoms with Gasteiger partial charge in [-0.3, -0.25) is 0 Å². The van der Waals surface area contributed by atoms with Gasteiger partial charge in [0.1, 0.15) is 11.4 Å². The summed E-state index contributed by atoms with van der Waals surface area (Å²) in [5.74, 6) is -1.54. The molecule has 0 fully saturated rings. The van der Waals surface area contributed by atoms with Gasteiger partial charge in [0.25, 0.3) is 10.2 Å². The van der Waals surface area contributed by atoms with E-state index in [1.165, 1.54) is 18.2 Å². The van der Waals surface area contributed by atoms with Crippen molar-refractivity contribution in [3.63, 3.8) is 0 Å². The first-order valence-electron chi connectivity index (χ1n) is 7.96. The summed E-state index contributed by atoms with van der Waals surface area (Å²) in [5, 5.41) is 14.4. The summed E-state index contributed by atoms with van der Waals surface area (Å²) >= 11 is 0. The van der Waals surface area contributed by atoms with Crippen LogP contribution in [0.4, 0.5) is 4.39 Å². The number of carboxylic acid groups (broad SMARTS) is 1. The Balaban J connectivity index is 2.07. The molecule has 0 spiro atoms. The maximum absolute atomic E-state index is 13.5. The molecule has 1 heterocycles. The molecule has 3 rings (SSSR count). The zero-order chi connectivity index (χ0) is 20.3. The molecule has 0 aliphatic rings. The van der Waals surface area contributed by atoms with Crippen LogP contribution < -0.4 is 9.86 Å². The summed E-state index contributed by atoms with van der Waals surface area (Å²) in [5.41, 5.74) is 1.36. The van der Waals surface area contributed by atoms with Crippen LogP contribution in [0.25, 0.3) is 22.6 Å². The SMILES string of the molecule is NS(=O)(=O)NCc1cccc(-c2nc(-c3cccc(F)c3)ncc2C(=O)O)c1. The number of rotatable bonds is 6. The average molecular weight is 402 g/mol. The van der Waals surface area contributed by atoms with Crippen LogP contribution in [0.1, 0.15) is 15.9 Å². The van der Waals surface area contributed by atoms with Crippen molar-refractivity contribution in [1.29, 1.82) is 0 Å². The zero-order valence-electron chi connectivity index (χ0n) is 14.3. The molecule has 0 aliphatic heterocycles. The first-order valence-corrected chi connectivity index (χ1v) is 9.50. The van der Waals surface area contributed by atoms with Crippen molar-refractivity contribution in [3.05, 3.63) is 71.7 Å². The van der Waals surface area contributed by atoms with Crippen LogP contribution >= 0.6 is 0 Å². The lowest BCUT2D eigenvalue weighted by atomic mass is 10.0. The topological polar surface area (TPSA) is 135 Å². The minimum absolute atomic E-state index is 0.0725. The number of halogens is 1. The highest BCUT2D eigenvalue weighted by molar-refractivity contribution is 7.87. The summed E-state index contributed by atoms with van der Waals surface area (Å²) in [6.45, 7) is -0.0725. The molecular formula is C18H15FN4O4S. The third kappa shape index (κ3) is 4.74. The van der Waals surface area contributed by atoms with Crippen LogP contribution in [0, 0.1) is 5.82 Å². The maximum Gasteiger partial charge on any atom is 0.339 e. The molecule has 1 aromatic heterocycles. The van der Waals surface area contributed by atoms with Crippen LogP contribution in [0.3, 0.4) is 0 Å². The number of nitrogens with one attached hydrogen (secondary N) is 1. The summed E-state index contributed by atoms with van der Waals surface area (Å²) < 4.78 is 37.8. The van der Waals surface area contributed by atoms with Gasteiger partial charge in [0.05, 0.1) is 5.69 Å². The fourth-order valence-corrected chi connectivity index (χ4v) is 2.91. The van der Waals surface area contributed by atoms with Gasteiger partial charge in [-0.1, -0.05) is 30.3 Å². The van der Waals surface area contributed by atoms with Gasteiger partial charge in [-0.2, -0.15) is 13.1 Å². The molecule has 0 saturated heterocycles. The largest absolute Gasteiger partial charge is 0.478 e. The third-order valence-electron chi connectivity index (χ3n) is 3.78. The number of aromatic carboxylic acids is 1. The predicted molar refractivity (Wildman–Crippen MR) is 99.8 cm³/mol. The van der Waals surface area contributed by atoms with Crippen molar-refractivity contribution in [1.82, 2.24) is 14.7 Å². The second kappa shape index (κ2) is 7.80. The Kier molecular flexibility index (Phi) is 5.45.